The van der Waals surface area contributed by atoms with Crippen molar-refractivity contribution in [3.63, 3.8) is 0 Å². The van der Waals surface area contributed by atoms with Gasteiger partial charge in [-0.05, 0) is 60.8 Å². The van der Waals surface area contributed by atoms with Gasteiger partial charge in [-0.1, -0.05) is 0 Å². The molecule has 1 fully saturated rings. The summed E-state index contributed by atoms with van der Waals surface area (Å²) in [5.41, 5.74) is 0.206. The van der Waals surface area contributed by atoms with Gasteiger partial charge in [0, 0.05) is 40.6 Å². The molecule has 2 aliphatic rings. The van der Waals surface area contributed by atoms with E-state index in [1.165, 1.54) is 35.0 Å². The summed E-state index contributed by atoms with van der Waals surface area (Å²) >= 11 is 0. The van der Waals surface area contributed by atoms with E-state index < -0.39 is 36.2 Å². The summed E-state index contributed by atoms with van der Waals surface area (Å²) in [6, 6.07) is 5.48. The van der Waals surface area contributed by atoms with Crippen LogP contribution in [0.5, 0.6) is 11.8 Å². The molecule has 43 heavy (non-hydrogen) atoms. The number of hydrogen-bond acceptors (Lipinski definition) is 9. The number of hydrogen-bond donors (Lipinski definition) is 0. The first kappa shape index (κ1) is 30.4. The third kappa shape index (κ3) is 7.47. The number of imidazole rings is 1. The third-order valence-corrected chi connectivity index (χ3v) is 7.69. The molecule has 5 rings (SSSR count). The second-order valence-electron chi connectivity index (χ2n) is 10.8. The van der Waals surface area contributed by atoms with Crippen molar-refractivity contribution in [3.05, 3.63) is 58.5 Å². The maximum absolute atomic E-state index is 13.5. The van der Waals surface area contributed by atoms with Gasteiger partial charge < -0.3 is 29.2 Å². The second-order valence-corrected chi connectivity index (χ2v) is 10.8. The summed E-state index contributed by atoms with van der Waals surface area (Å²) in [6.07, 6.45) is 1.12. The lowest BCUT2D eigenvalue weighted by molar-refractivity contribution is -0.389. The molecule has 0 unspecified atom stereocenters. The van der Waals surface area contributed by atoms with Crippen LogP contribution in [0.4, 0.5) is 39.4 Å². The Kier molecular flexibility index (Phi) is 8.94. The van der Waals surface area contributed by atoms with Crippen molar-refractivity contribution in [1.82, 2.24) is 19.5 Å². The van der Waals surface area contributed by atoms with Gasteiger partial charge in [-0.25, -0.2) is 9.97 Å². The topological polar surface area (TPSA) is 118 Å². The number of rotatable bonds is 11. The average Bonchev–Trinajstić information content (AvgIpc) is 3.43. The molecule has 0 spiro atoms. The van der Waals surface area contributed by atoms with Crippen molar-refractivity contribution in [2.24, 2.45) is 11.3 Å². The average molecular weight is 613 g/mol. The first-order chi connectivity index (χ1) is 20.6. The van der Waals surface area contributed by atoms with Crippen LogP contribution in [0.3, 0.4) is 0 Å². The summed E-state index contributed by atoms with van der Waals surface area (Å²) in [6.45, 7) is -0.454. The Hall–Kier alpha value is -4.08. The van der Waals surface area contributed by atoms with E-state index in [-0.39, 0.29) is 42.7 Å². The van der Waals surface area contributed by atoms with Gasteiger partial charge in [0.2, 0.25) is 5.95 Å². The highest BCUT2D eigenvalue weighted by Gasteiger charge is 2.37. The lowest BCUT2D eigenvalue weighted by Crippen LogP contribution is -2.36. The molecular formula is C27H29F5N6O5. The minimum atomic E-state index is -4.83. The molecule has 1 aliphatic heterocycles. The Morgan fingerprint density at radius 3 is 2.40 bits per heavy atom. The van der Waals surface area contributed by atoms with Gasteiger partial charge in [-0.3, -0.25) is 13.3 Å². The van der Waals surface area contributed by atoms with E-state index >= 15 is 0 Å². The standard InChI is InChI=1S/C27H29F5N6O5/c28-16-26(17-29)7-5-18(6-8-26)11-37(20-1-3-21(4-2-20)43-27(30,31)32)24-33-9-19(10-34-24)14-41-22-12-36-13-23(38(39)40)35-25(36)42-15-22/h1-4,9-10,13,18,22H,5-8,11-12,14-17H2/t22-/m0/s1. The Morgan fingerprint density at radius 1 is 1.12 bits per heavy atom. The first-order valence-electron chi connectivity index (χ1n) is 13.6. The van der Waals surface area contributed by atoms with Crippen LogP contribution in [0.15, 0.2) is 42.9 Å². The summed E-state index contributed by atoms with van der Waals surface area (Å²) in [5, 5.41) is 11.0. The molecule has 16 heteroatoms. The molecule has 2 aromatic heterocycles. The molecule has 0 amide bonds. The molecule has 1 atom stereocenters. The summed E-state index contributed by atoms with van der Waals surface area (Å²) in [4.78, 5) is 24.8. The van der Waals surface area contributed by atoms with E-state index in [4.69, 9.17) is 9.47 Å². The second kappa shape index (κ2) is 12.7. The van der Waals surface area contributed by atoms with Crippen LogP contribution in [-0.2, 0) is 17.9 Å². The minimum absolute atomic E-state index is 0.0547. The van der Waals surface area contributed by atoms with Gasteiger partial charge in [-0.2, -0.15) is 0 Å². The van der Waals surface area contributed by atoms with Gasteiger partial charge in [-0.15, -0.1) is 13.2 Å². The van der Waals surface area contributed by atoms with Gasteiger partial charge in [0.1, 0.15) is 24.7 Å². The van der Waals surface area contributed by atoms with Gasteiger partial charge in [0.15, 0.2) is 0 Å². The van der Waals surface area contributed by atoms with Crippen molar-refractivity contribution in [2.75, 3.05) is 31.4 Å². The van der Waals surface area contributed by atoms with Crippen LogP contribution in [0.25, 0.3) is 0 Å². The zero-order valence-electron chi connectivity index (χ0n) is 22.9. The normalized spacial score (nSPS) is 18.5. The van der Waals surface area contributed by atoms with Crippen molar-refractivity contribution in [2.45, 2.75) is 51.3 Å². The maximum Gasteiger partial charge on any atom is 0.573 e. The van der Waals surface area contributed by atoms with Crippen molar-refractivity contribution in [3.8, 4) is 11.8 Å². The molecule has 1 aliphatic carbocycles. The van der Waals surface area contributed by atoms with Crippen LogP contribution in [-0.4, -0.2) is 63.4 Å². The van der Waals surface area contributed by atoms with Crippen LogP contribution >= 0.6 is 0 Å². The number of benzene rings is 1. The van der Waals surface area contributed by atoms with E-state index in [2.05, 4.69) is 19.7 Å². The molecule has 11 nitrogen and oxygen atoms in total. The fraction of sp³-hybridized carbons (Fsp3) is 0.519. The lowest BCUT2D eigenvalue weighted by Gasteiger charge is -2.38. The molecule has 3 heterocycles. The summed E-state index contributed by atoms with van der Waals surface area (Å²) in [5.74, 6) is -0.345. The third-order valence-electron chi connectivity index (χ3n) is 7.69. The molecule has 0 N–H and O–H groups in total. The van der Waals surface area contributed by atoms with Crippen molar-refractivity contribution >= 4 is 17.5 Å². The smallest absolute Gasteiger partial charge is 0.443 e. The number of ether oxygens (including phenoxy) is 3. The number of nitrogens with zero attached hydrogens (tertiary/aromatic N) is 6. The van der Waals surface area contributed by atoms with Crippen molar-refractivity contribution in [1.29, 1.82) is 0 Å². The highest BCUT2D eigenvalue weighted by atomic mass is 19.4. The van der Waals surface area contributed by atoms with E-state index in [1.807, 2.05) is 0 Å². The SMILES string of the molecule is O=[N+]([O-])c1cn2c(n1)OC[C@@H](OCc1cnc(N(CC3CCC(CF)(CF)CC3)c3ccc(OC(F)(F)F)cc3)nc1)C2. The number of fused-ring (bicyclic) bond motifs is 1. The fourth-order valence-corrected chi connectivity index (χ4v) is 5.20. The predicted molar refractivity (Wildman–Crippen MR) is 141 cm³/mol. The van der Waals surface area contributed by atoms with Crippen LogP contribution < -0.4 is 14.4 Å². The molecule has 1 saturated carbocycles. The van der Waals surface area contributed by atoms with Gasteiger partial charge in [0.05, 0.1) is 26.5 Å². The first-order valence-corrected chi connectivity index (χ1v) is 13.6. The zero-order valence-corrected chi connectivity index (χ0v) is 22.9. The number of alkyl halides is 5. The molecule has 0 bridgehead atoms. The maximum atomic E-state index is 13.5. The zero-order chi connectivity index (χ0) is 30.6. The van der Waals surface area contributed by atoms with E-state index in [9.17, 15) is 32.1 Å². The van der Waals surface area contributed by atoms with Gasteiger partial charge in [0.25, 0.3) is 0 Å². The van der Waals surface area contributed by atoms with Crippen LogP contribution in [0.2, 0.25) is 0 Å². The molecule has 0 radical (unpaired) electrons. The Morgan fingerprint density at radius 2 is 1.79 bits per heavy atom. The Bertz CT molecular complexity index is 1370. The molecular weight excluding hydrogens is 583 g/mol. The Labute approximate surface area is 242 Å². The number of halogens is 5. The van der Waals surface area contributed by atoms with Crippen molar-refractivity contribution < 1.29 is 41.1 Å². The van der Waals surface area contributed by atoms with E-state index in [0.717, 1.165) is 0 Å². The monoisotopic (exact) mass is 612 g/mol. The Balaban J connectivity index is 1.26. The predicted octanol–water partition coefficient (Wildman–Crippen LogP) is 5.71. The number of aromatic nitrogens is 4. The summed E-state index contributed by atoms with van der Waals surface area (Å²) in [7, 11) is 0. The van der Waals surface area contributed by atoms with Crippen LogP contribution in [0, 0.1) is 21.4 Å². The quantitative estimate of drug-likeness (QED) is 0.152. The lowest BCUT2D eigenvalue weighted by atomic mass is 9.72. The highest BCUT2D eigenvalue weighted by molar-refractivity contribution is 5.58. The molecule has 232 valence electrons. The number of anilines is 2. The summed E-state index contributed by atoms with van der Waals surface area (Å²) < 4.78 is 81.9. The van der Waals surface area contributed by atoms with E-state index in [0.29, 0.717) is 50.0 Å². The highest BCUT2D eigenvalue weighted by Crippen LogP contribution is 2.41. The number of nitro groups is 1. The van der Waals surface area contributed by atoms with Crippen LogP contribution in [0.1, 0.15) is 31.2 Å². The minimum Gasteiger partial charge on any atom is -0.443 e. The molecule has 3 aromatic rings. The van der Waals surface area contributed by atoms with Gasteiger partial charge >= 0.3 is 18.2 Å². The fourth-order valence-electron chi connectivity index (χ4n) is 5.20. The van der Waals surface area contributed by atoms with E-state index in [1.54, 1.807) is 17.3 Å². The molecule has 0 saturated heterocycles. The largest absolute Gasteiger partial charge is 0.573 e. The molecule has 1 aromatic carbocycles.